The van der Waals surface area contributed by atoms with Crippen LogP contribution in [0.2, 0.25) is 0 Å². The van der Waals surface area contributed by atoms with E-state index in [0.717, 1.165) is 12.0 Å². The summed E-state index contributed by atoms with van der Waals surface area (Å²) >= 11 is 0. The summed E-state index contributed by atoms with van der Waals surface area (Å²) in [6.45, 7) is 0.229. The molecule has 1 aliphatic carbocycles. The molecule has 5 nitrogen and oxygen atoms in total. The summed E-state index contributed by atoms with van der Waals surface area (Å²) < 4.78 is 40.8. The highest BCUT2D eigenvalue weighted by atomic mass is 19.1. The highest BCUT2D eigenvalue weighted by Crippen LogP contribution is 2.28. The second-order valence-corrected chi connectivity index (χ2v) is 5.78. The lowest BCUT2D eigenvalue weighted by Crippen LogP contribution is -2.10. The Balaban J connectivity index is 1.75. The summed E-state index contributed by atoms with van der Waals surface area (Å²) in [7, 11) is -2.57. The standard InChI is InChI=1S/C19H19FN2O3/c1-25-15-6-2-4-12(8-15)14-9-17(20)18(22-11-14)21-10-13-5-3-7-16(13)19(23)24/h2,4,6,8-9,11H,3,5,7,10H2,1H3,(H,21,22)(H,23,24)/i1D3. The van der Waals surface area contributed by atoms with Gasteiger partial charge in [0.25, 0.3) is 0 Å². The van der Waals surface area contributed by atoms with Gasteiger partial charge < -0.3 is 15.2 Å². The van der Waals surface area contributed by atoms with Crippen LogP contribution in [0.15, 0.2) is 47.7 Å². The fourth-order valence-corrected chi connectivity index (χ4v) is 2.91. The van der Waals surface area contributed by atoms with Crippen LogP contribution in [0.3, 0.4) is 0 Å². The lowest BCUT2D eigenvalue weighted by atomic mass is 10.1. The summed E-state index contributed by atoms with van der Waals surface area (Å²) in [6.07, 6.45) is 3.43. The van der Waals surface area contributed by atoms with Crippen LogP contribution in [0.4, 0.5) is 10.2 Å². The number of rotatable bonds is 6. The van der Waals surface area contributed by atoms with Crippen LogP contribution >= 0.6 is 0 Å². The van der Waals surface area contributed by atoms with E-state index in [2.05, 4.69) is 10.3 Å². The predicted octanol–water partition coefficient (Wildman–Crippen LogP) is 3.87. The Morgan fingerprint density at radius 1 is 1.40 bits per heavy atom. The molecule has 2 N–H and O–H groups in total. The number of halogens is 1. The SMILES string of the molecule is [2H]C([2H])([2H])Oc1cccc(-c2cnc(NCC3=C(C(=O)O)CCC3)c(F)c2)c1. The largest absolute Gasteiger partial charge is 0.497 e. The molecule has 0 saturated heterocycles. The fourth-order valence-electron chi connectivity index (χ4n) is 2.91. The Kier molecular flexibility index (Phi) is 3.93. The summed E-state index contributed by atoms with van der Waals surface area (Å²) in [5.41, 5.74) is 2.17. The van der Waals surface area contributed by atoms with Crippen molar-refractivity contribution < 1.29 is 23.1 Å². The molecule has 2 aromatic rings. The van der Waals surface area contributed by atoms with Gasteiger partial charge >= 0.3 is 5.97 Å². The van der Waals surface area contributed by atoms with E-state index in [0.29, 0.717) is 29.5 Å². The van der Waals surface area contributed by atoms with Crippen molar-refractivity contribution in [3.8, 4) is 16.9 Å². The molecule has 0 bridgehead atoms. The van der Waals surface area contributed by atoms with Crippen molar-refractivity contribution in [3.05, 3.63) is 53.5 Å². The fraction of sp³-hybridized carbons (Fsp3) is 0.263. The van der Waals surface area contributed by atoms with Gasteiger partial charge in [0.05, 0.1) is 11.2 Å². The molecule has 6 heteroatoms. The molecule has 25 heavy (non-hydrogen) atoms. The van der Waals surface area contributed by atoms with Gasteiger partial charge in [0.2, 0.25) is 0 Å². The number of aromatic nitrogens is 1. The molecule has 0 fully saturated rings. The summed E-state index contributed by atoms with van der Waals surface area (Å²) in [6, 6.07) is 7.59. The molecule has 1 aromatic carbocycles. The summed E-state index contributed by atoms with van der Waals surface area (Å²) in [5.74, 6) is -1.34. The predicted molar refractivity (Wildman–Crippen MR) is 93.2 cm³/mol. The highest BCUT2D eigenvalue weighted by Gasteiger charge is 2.20. The molecule has 0 saturated carbocycles. The monoisotopic (exact) mass is 345 g/mol. The van der Waals surface area contributed by atoms with Crippen molar-refractivity contribution in [3.63, 3.8) is 0 Å². The molecule has 0 radical (unpaired) electrons. The molecule has 0 atom stereocenters. The topological polar surface area (TPSA) is 71.5 Å². The highest BCUT2D eigenvalue weighted by molar-refractivity contribution is 5.88. The minimum Gasteiger partial charge on any atom is -0.497 e. The zero-order chi connectivity index (χ0) is 20.3. The number of aliphatic carboxylic acids is 1. The molecule has 0 unspecified atom stereocenters. The van der Waals surface area contributed by atoms with E-state index in [4.69, 9.17) is 8.85 Å². The van der Waals surface area contributed by atoms with Gasteiger partial charge in [-0.2, -0.15) is 0 Å². The number of benzene rings is 1. The van der Waals surface area contributed by atoms with Gasteiger partial charge in [0.15, 0.2) is 11.6 Å². The van der Waals surface area contributed by atoms with Crippen LogP contribution in [0.1, 0.15) is 23.4 Å². The third-order valence-corrected chi connectivity index (χ3v) is 4.19. The quantitative estimate of drug-likeness (QED) is 0.831. The average molecular weight is 345 g/mol. The molecule has 0 amide bonds. The normalized spacial score (nSPS) is 16.1. The van der Waals surface area contributed by atoms with E-state index in [9.17, 15) is 14.3 Å². The number of methoxy groups -OCH3 is 1. The van der Waals surface area contributed by atoms with E-state index in [1.165, 1.54) is 24.4 Å². The van der Waals surface area contributed by atoms with E-state index in [1.807, 2.05) is 0 Å². The zero-order valence-corrected chi connectivity index (χ0v) is 13.4. The maximum absolute atomic E-state index is 14.5. The number of carbonyl (C=O) groups is 1. The summed E-state index contributed by atoms with van der Waals surface area (Å²) in [5, 5.41) is 12.0. The molecule has 1 aromatic heterocycles. The van der Waals surface area contributed by atoms with Crippen LogP contribution < -0.4 is 10.1 Å². The molecule has 0 aliphatic heterocycles. The van der Waals surface area contributed by atoms with Crippen LogP contribution in [0.5, 0.6) is 5.75 Å². The Morgan fingerprint density at radius 2 is 2.28 bits per heavy atom. The van der Waals surface area contributed by atoms with Gasteiger partial charge in [-0.1, -0.05) is 12.1 Å². The molecular weight excluding hydrogens is 323 g/mol. The van der Waals surface area contributed by atoms with E-state index >= 15 is 0 Å². The molecular formula is C19H19FN2O3. The van der Waals surface area contributed by atoms with Crippen molar-refractivity contribution in [2.45, 2.75) is 19.3 Å². The third kappa shape index (κ3) is 3.79. The number of carboxylic acids is 1. The number of carboxylic acid groups (broad SMARTS) is 1. The van der Waals surface area contributed by atoms with Crippen molar-refractivity contribution in [2.75, 3.05) is 18.9 Å². The smallest absolute Gasteiger partial charge is 0.331 e. The van der Waals surface area contributed by atoms with Crippen LogP contribution in [-0.2, 0) is 4.79 Å². The Morgan fingerprint density at radius 3 is 3.04 bits per heavy atom. The number of nitrogens with one attached hydrogen (secondary N) is 1. The Hall–Kier alpha value is -2.89. The minimum absolute atomic E-state index is 0.0304. The zero-order valence-electron chi connectivity index (χ0n) is 16.4. The number of hydrogen-bond acceptors (Lipinski definition) is 4. The first-order valence-corrected chi connectivity index (χ1v) is 7.86. The summed E-state index contributed by atoms with van der Waals surface area (Å²) in [4.78, 5) is 15.3. The Labute approximate surface area is 149 Å². The third-order valence-electron chi connectivity index (χ3n) is 4.19. The number of pyridine rings is 1. The molecule has 130 valence electrons. The molecule has 1 aliphatic rings. The van der Waals surface area contributed by atoms with E-state index in [1.54, 1.807) is 12.1 Å². The first kappa shape index (κ1) is 13.4. The lowest BCUT2D eigenvalue weighted by molar-refractivity contribution is -0.132. The minimum atomic E-state index is -2.57. The maximum Gasteiger partial charge on any atom is 0.331 e. The number of ether oxygens (including phenoxy) is 1. The number of anilines is 1. The average Bonchev–Trinajstić information content (AvgIpc) is 3.08. The first-order valence-electron chi connectivity index (χ1n) is 9.36. The van der Waals surface area contributed by atoms with Gasteiger partial charge in [-0.05, 0) is 48.6 Å². The maximum atomic E-state index is 14.5. The van der Waals surface area contributed by atoms with Crippen molar-refractivity contribution in [2.24, 2.45) is 0 Å². The second kappa shape index (κ2) is 7.34. The van der Waals surface area contributed by atoms with Gasteiger partial charge in [0, 0.05) is 23.9 Å². The van der Waals surface area contributed by atoms with Gasteiger partial charge in [-0.3, -0.25) is 0 Å². The van der Waals surface area contributed by atoms with Crippen molar-refractivity contribution in [1.82, 2.24) is 4.98 Å². The molecule has 0 spiro atoms. The van der Waals surface area contributed by atoms with Crippen LogP contribution in [0.25, 0.3) is 11.1 Å². The Bertz CT molecular complexity index is 929. The van der Waals surface area contributed by atoms with Gasteiger partial charge in [-0.25, -0.2) is 14.2 Å². The van der Waals surface area contributed by atoms with Crippen LogP contribution in [0, 0.1) is 5.82 Å². The second-order valence-electron chi connectivity index (χ2n) is 5.78. The van der Waals surface area contributed by atoms with Crippen molar-refractivity contribution in [1.29, 1.82) is 0 Å². The number of hydrogen-bond donors (Lipinski definition) is 2. The van der Waals surface area contributed by atoms with E-state index < -0.39 is 18.8 Å². The lowest BCUT2D eigenvalue weighted by Gasteiger charge is -2.10. The number of nitrogens with zero attached hydrogens (tertiary/aromatic N) is 1. The molecule has 1 heterocycles. The first-order chi connectivity index (χ1) is 13.2. The van der Waals surface area contributed by atoms with Crippen molar-refractivity contribution >= 4 is 11.8 Å². The van der Waals surface area contributed by atoms with Gasteiger partial charge in [0.1, 0.15) is 5.75 Å². The van der Waals surface area contributed by atoms with Gasteiger partial charge in [-0.15, -0.1) is 0 Å². The molecule has 3 rings (SSSR count). The van der Waals surface area contributed by atoms with E-state index in [-0.39, 0.29) is 18.1 Å². The van der Waals surface area contributed by atoms with Crippen LogP contribution in [-0.4, -0.2) is 29.6 Å².